The molecule has 0 radical (unpaired) electrons. The van der Waals surface area contributed by atoms with Crippen LogP contribution in [-0.4, -0.2) is 42.5 Å². The molecule has 1 aliphatic rings. The molecule has 1 fully saturated rings. The zero-order valence-electron chi connectivity index (χ0n) is 16.1. The smallest absolute Gasteiger partial charge is 0.307 e. The lowest BCUT2D eigenvalue weighted by Gasteiger charge is -2.32. The van der Waals surface area contributed by atoms with Crippen molar-refractivity contribution in [1.29, 1.82) is 0 Å². The first-order valence-electron chi connectivity index (χ1n) is 9.29. The molecule has 1 aromatic rings. The highest BCUT2D eigenvalue weighted by atomic mass is 16.6. The van der Waals surface area contributed by atoms with E-state index in [1.54, 1.807) is 26.0 Å². The summed E-state index contributed by atoms with van der Waals surface area (Å²) in [4.78, 5) is 36.8. The Labute approximate surface area is 159 Å². The van der Waals surface area contributed by atoms with Crippen molar-refractivity contribution in [3.63, 3.8) is 0 Å². The molecule has 1 unspecified atom stereocenters. The molecule has 0 spiro atoms. The summed E-state index contributed by atoms with van der Waals surface area (Å²) in [6.45, 7) is 7.28. The Morgan fingerprint density at radius 2 is 2.15 bits per heavy atom. The molecule has 8 nitrogen and oxygen atoms in total. The molecule has 1 aliphatic heterocycles. The van der Waals surface area contributed by atoms with Gasteiger partial charge >= 0.3 is 5.97 Å². The Hall–Kier alpha value is -2.64. The van der Waals surface area contributed by atoms with Crippen molar-refractivity contribution >= 4 is 23.3 Å². The second kappa shape index (κ2) is 9.34. The minimum absolute atomic E-state index is 0.0514. The van der Waals surface area contributed by atoms with Crippen LogP contribution in [0.15, 0.2) is 18.2 Å². The molecule has 148 valence electrons. The Morgan fingerprint density at radius 1 is 1.41 bits per heavy atom. The summed E-state index contributed by atoms with van der Waals surface area (Å²) in [5.41, 5.74) is 0.673. The largest absolute Gasteiger partial charge is 0.463 e. The molecule has 1 atom stereocenters. The number of nitrogens with zero attached hydrogens (tertiary/aromatic N) is 2. The van der Waals surface area contributed by atoms with Gasteiger partial charge in [-0.3, -0.25) is 19.7 Å². The number of carbonyl (C=O) groups excluding carboxylic acids is 2. The van der Waals surface area contributed by atoms with E-state index in [9.17, 15) is 19.7 Å². The molecule has 1 N–H and O–H groups in total. The lowest BCUT2D eigenvalue weighted by molar-refractivity contribution is -0.384. The number of ether oxygens (including phenoxy) is 1. The van der Waals surface area contributed by atoms with Gasteiger partial charge in [-0.2, -0.15) is 0 Å². The highest BCUT2D eigenvalue weighted by Gasteiger charge is 2.25. The molecule has 1 heterocycles. The van der Waals surface area contributed by atoms with Gasteiger partial charge in [-0.15, -0.1) is 0 Å². The highest BCUT2D eigenvalue weighted by molar-refractivity contribution is 5.96. The third kappa shape index (κ3) is 5.94. The van der Waals surface area contributed by atoms with Crippen molar-refractivity contribution in [2.24, 2.45) is 5.92 Å². The average Bonchev–Trinajstić information content (AvgIpc) is 2.60. The second-order valence-corrected chi connectivity index (χ2v) is 7.20. The maximum atomic E-state index is 12.3. The van der Waals surface area contributed by atoms with Crippen molar-refractivity contribution in [2.45, 2.75) is 46.1 Å². The molecule has 8 heteroatoms. The molecule has 2 rings (SSSR count). The number of hydrogen-bond donors (Lipinski definition) is 1. The predicted molar refractivity (Wildman–Crippen MR) is 102 cm³/mol. The van der Waals surface area contributed by atoms with Crippen LogP contribution in [0.25, 0.3) is 0 Å². The average molecular weight is 377 g/mol. The molecule has 1 saturated heterocycles. The van der Waals surface area contributed by atoms with E-state index in [0.717, 1.165) is 25.9 Å². The standard InChI is InChI=1S/C19H27N3O5/c1-13(2)27-18(23)8-9-20-19(24)15-6-7-16(17(11-15)22(25)26)21-10-4-5-14(3)12-21/h6-7,11,13-14H,4-5,8-10,12H2,1-3H3,(H,20,24). The van der Waals surface area contributed by atoms with Crippen molar-refractivity contribution in [1.82, 2.24) is 5.32 Å². The number of nitro groups is 1. The Balaban J connectivity index is 2.05. The van der Waals surface area contributed by atoms with Gasteiger partial charge in [0.15, 0.2) is 0 Å². The Kier molecular flexibility index (Phi) is 7.15. The second-order valence-electron chi connectivity index (χ2n) is 7.20. The van der Waals surface area contributed by atoms with Crippen LogP contribution in [0.3, 0.4) is 0 Å². The van der Waals surface area contributed by atoms with E-state index in [4.69, 9.17) is 4.74 Å². The molecule has 0 aliphatic carbocycles. The fourth-order valence-corrected chi connectivity index (χ4v) is 3.19. The molecular weight excluding hydrogens is 350 g/mol. The number of esters is 1. The first-order valence-corrected chi connectivity index (χ1v) is 9.29. The lowest BCUT2D eigenvalue weighted by atomic mass is 9.99. The van der Waals surface area contributed by atoms with Crippen molar-refractivity contribution in [2.75, 3.05) is 24.5 Å². The molecule has 0 saturated carbocycles. The summed E-state index contributed by atoms with van der Waals surface area (Å²) < 4.78 is 4.99. The number of nitro benzene ring substituents is 1. The SMILES string of the molecule is CC1CCCN(c2ccc(C(=O)NCCC(=O)OC(C)C)cc2[N+](=O)[O-])C1. The normalized spacial score (nSPS) is 16.9. The van der Waals surface area contributed by atoms with E-state index in [1.807, 2.05) is 4.90 Å². The summed E-state index contributed by atoms with van der Waals surface area (Å²) in [6.07, 6.45) is 1.95. The van der Waals surface area contributed by atoms with Crippen LogP contribution in [0, 0.1) is 16.0 Å². The van der Waals surface area contributed by atoms with Gasteiger partial charge in [0.25, 0.3) is 11.6 Å². The minimum atomic E-state index is -0.453. The van der Waals surface area contributed by atoms with Crippen LogP contribution in [0.2, 0.25) is 0 Å². The molecule has 0 bridgehead atoms. The highest BCUT2D eigenvalue weighted by Crippen LogP contribution is 2.32. The monoisotopic (exact) mass is 377 g/mol. The van der Waals surface area contributed by atoms with E-state index < -0.39 is 16.8 Å². The zero-order chi connectivity index (χ0) is 20.0. The number of hydrogen-bond acceptors (Lipinski definition) is 6. The summed E-state index contributed by atoms with van der Waals surface area (Å²) >= 11 is 0. The first-order chi connectivity index (χ1) is 12.8. The number of piperidine rings is 1. The van der Waals surface area contributed by atoms with E-state index in [2.05, 4.69) is 12.2 Å². The van der Waals surface area contributed by atoms with E-state index >= 15 is 0 Å². The quantitative estimate of drug-likeness (QED) is 0.445. The molecular formula is C19H27N3O5. The third-order valence-electron chi connectivity index (χ3n) is 4.41. The van der Waals surface area contributed by atoms with Crippen molar-refractivity contribution in [3.8, 4) is 0 Å². The van der Waals surface area contributed by atoms with E-state index in [0.29, 0.717) is 11.6 Å². The summed E-state index contributed by atoms with van der Waals surface area (Å²) in [5, 5.41) is 14.1. The first kappa shape index (κ1) is 20.7. The number of benzene rings is 1. The number of amides is 1. The predicted octanol–water partition coefficient (Wildman–Crippen LogP) is 2.90. The summed E-state index contributed by atoms with van der Waals surface area (Å²) in [7, 11) is 0. The third-order valence-corrected chi connectivity index (χ3v) is 4.41. The van der Waals surface area contributed by atoms with E-state index in [-0.39, 0.29) is 30.3 Å². The van der Waals surface area contributed by atoms with Gasteiger partial charge in [0, 0.05) is 31.3 Å². The topological polar surface area (TPSA) is 102 Å². The molecule has 1 aromatic carbocycles. The van der Waals surface area contributed by atoms with Gasteiger partial charge < -0.3 is 15.0 Å². The van der Waals surface area contributed by atoms with Gasteiger partial charge in [-0.25, -0.2) is 0 Å². The Bertz CT molecular complexity index is 705. The molecule has 27 heavy (non-hydrogen) atoms. The fraction of sp³-hybridized carbons (Fsp3) is 0.579. The van der Waals surface area contributed by atoms with Crippen LogP contribution in [0.4, 0.5) is 11.4 Å². The fourth-order valence-electron chi connectivity index (χ4n) is 3.19. The number of nitrogens with one attached hydrogen (secondary N) is 1. The van der Waals surface area contributed by atoms with Crippen LogP contribution in [0.5, 0.6) is 0 Å². The van der Waals surface area contributed by atoms with E-state index in [1.165, 1.54) is 6.07 Å². The number of anilines is 1. The molecule has 1 amide bonds. The summed E-state index contributed by atoms with van der Waals surface area (Å²) in [6, 6.07) is 4.53. The maximum absolute atomic E-state index is 12.3. The van der Waals surface area contributed by atoms with Gasteiger partial charge in [0.2, 0.25) is 0 Å². The zero-order valence-corrected chi connectivity index (χ0v) is 16.1. The van der Waals surface area contributed by atoms with Crippen LogP contribution in [-0.2, 0) is 9.53 Å². The Morgan fingerprint density at radius 3 is 2.78 bits per heavy atom. The number of carbonyl (C=O) groups is 2. The van der Waals surface area contributed by atoms with Crippen LogP contribution >= 0.6 is 0 Å². The maximum Gasteiger partial charge on any atom is 0.307 e. The lowest BCUT2D eigenvalue weighted by Crippen LogP contribution is -2.34. The van der Waals surface area contributed by atoms with Gasteiger partial charge in [-0.1, -0.05) is 6.92 Å². The van der Waals surface area contributed by atoms with Gasteiger partial charge in [-0.05, 0) is 44.7 Å². The van der Waals surface area contributed by atoms with Gasteiger partial charge in [0.1, 0.15) is 5.69 Å². The summed E-state index contributed by atoms with van der Waals surface area (Å²) in [5.74, 6) is -0.369. The van der Waals surface area contributed by atoms with Gasteiger partial charge in [0.05, 0.1) is 17.4 Å². The van der Waals surface area contributed by atoms with Crippen LogP contribution < -0.4 is 10.2 Å². The number of rotatable bonds is 7. The van der Waals surface area contributed by atoms with Crippen molar-refractivity contribution in [3.05, 3.63) is 33.9 Å². The molecule has 0 aromatic heterocycles. The minimum Gasteiger partial charge on any atom is -0.463 e. The van der Waals surface area contributed by atoms with Crippen LogP contribution in [0.1, 0.15) is 50.4 Å². The van der Waals surface area contributed by atoms with Crippen molar-refractivity contribution < 1.29 is 19.2 Å².